The molecule has 3 aromatic rings. The number of halogens is 1. The SMILES string of the molecule is Cc1ccc2cccc(NS(=O)(=O)c3cc(Br)cs3)c2n1. The summed E-state index contributed by atoms with van der Waals surface area (Å²) < 4.78 is 28.4. The van der Waals surface area contributed by atoms with Crippen LogP contribution >= 0.6 is 27.3 Å². The normalized spacial score (nSPS) is 11.7. The molecule has 2 heterocycles. The second kappa shape index (κ2) is 5.40. The zero-order valence-corrected chi connectivity index (χ0v) is 14.2. The molecule has 0 radical (unpaired) electrons. The van der Waals surface area contributed by atoms with E-state index in [9.17, 15) is 8.42 Å². The van der Waals surface area contributed by atoms with Gasteiger partial charge in [0.05, 0.1) is 11.2 Å². The van der Waals surface area contributed by atoms with Crippen molar-refractivity contribution >= 4 is 53.9 Å². The summed E-state index contributed by atoms with van der Waals surface area (Å²) in [6, 6.07) is 10.8. The molecule has 2 aromatic heterocycles. The molecule has 1 aromatic carbocycles. The number of pyridine rings is 1. The smallest absolute Gasteiger partial charge is 0.271 e. The largest absolute Gasteiger partial charge is 0.277 e. The van der Waals surface area contributed by atoms with Gasteiger partial charge in [-0.25, -0.2) is 8.42 Å². The highest BCUT2D eigenvalue weighted by Crippen LogP contribution is 2.28. The monoisotopic (exact) mass is 382 g/mol. The van der Waals surface area contributed by atoms with E-state index in [0.717, 1.165) is 15.6 Å². The van der Waals surface area contributed by atoms with E-state index in [1.54, 1.807) is 17.5 Å². The summed E-state index contributed by atoms with van der Waals surface area (Å²) in [6.07, 6.45) is 0. The van der Waals surface area contributed by atoms with Crippen molar-refractivity contribution in [2.75, 3.05) is 4.72 Å². The van der Waals surface area contributed by atoms with Crippen LogP contribution in [0.15, 0.2) is 50.5 Å². The van der Waals surface area contributed by atoms with E-state index in [2.05, 4.69) is 25.6 Å². The number of aryl methyl sites for hydroxylation is 1. The molecule has 0 fully saturated rings. The van der Waals surface area contributed by atoms with Gasteiger partial charge in [-0.2, -0.15) is 0 Å². The van der Waals surface area contributed by atoms with Crippen LogP contribution in [-0.2, 0) is 10.0 Å². The Morgan fingerprint density at radius 1 is 1.24 bits per heavy atom. The highest BCUT2D eigenvalue weighted by molar-refractivity contribution is 9.10. The molecule has 1 N–H and O–H groups in total. The van der Waals surface area contributed by atoms with Crippen LogP contribution in [-0.4, -0.2) is 13.4 Å². The van der Waals surface area contributed by atoms with Gasteiger partial charge < -0.3 is 0 Å². The summed E-state index contributed by atoms with van der Waals surface area (Å²) in [6.45, 7) is 1.88. The van der Waals surface area contributed by atoms with Gasteiger partial charge in [0.2, 0.25) is 0 Å². The van der Waals surface area contributed by atoms with Crippen LogP contribution in [0.4, 0.5) is 5.69 Å². The zero-order valence-electron chi connectivity index (χ0n) is 11.0. The van der Waals surface area contributed by atoms with Crippen LogP contribution in [0, 0.1) is 6.92 Å². The topological polar surface area (TPSA) is 59.1 Å². The summed E-state index contributed by atoms with van der Waals surface area (Å²) in [4.78, 5) is 4.43. The van der Waals surface area contributed by atoms with Crippen molar-refractivity contribution in [1.29, 1.82) is 0 Å². The van der Waals surface area contributed by atoms with Crippen LogP contribution < -0.4 is 4.72 Å². The molecule has 0 bridgehead atoms. The molecule has 21 heavy (non-hydrogen) atoms. The number of nitrogens with zero attached hydrogens (tertiary/aromatic N) is 1. The fraction of sp³-hybridized carbons (Fsp3) is 0.0714. The van der Waals surface area contributed by atoms with Crippen LogP contribution in [0.2, 0.25) is 0 Å². The van der Waals surface area contributed by atoms with Crippen molar-refractivity contribution in [3.05, 3.63) is 51.9 Å². The molecule has 0 amide bonds. The minimum atomic E-state index is -3.60. The van der Waals surface area contributed by atoms with Crippen molar-refractivity contribution in [2.24, 2.45) is 0 Å². The third-order valence-corrected chi connectivity index (χ3v) is 6.48. The van der Waals surface area contributed by atoms with Gasteiger partial charge in [0.15, 0.2) is 0 Å². The van der Waals surface area contributed by atoms with E-state index in [1.165, 1.54) is 11.3 Å². The number of sulfonamides is 1. The van der Waals surface area contributed by atoms with E-state index in [1.807, 2.05) is 31.2 Å². The van der Waals surface area contributed by atoms with Gasteiger partial charge in [-0.1, -0.05) is 18.2 Å². The van der Waals surface area contributed by atoms with Crippen LogP contribution in [0.3, 0.4) is 0 Å². The molecular formula is C14H11BrN2O2S2. The molecule has 0 aliphatic carbocycles. The van der Waals surface area contributed by atoms with Crippen molar-refractivity contribution in [1.82, 2.24) is 4.98 Å². The maximum atomic E-state index is 12.4. The van der Waals surface area contributed by atoms with Gasteiger partial charge in [-0.05, 0) is 41.1 Å². The van der Waals surface area contributed by atoms with Gasteiger partial charge in [-0.15, -0.1) is 11.3 Å². The van der Waals surface area contributed by atoms with E-state index in [4.69, 9.17) is 0 Å². The van der Waals surface area contributed by atoms with Crippen LogP contribution in [0.1, 0.15) is 5.69 Å². The highest BCUT2D eigenvalue weighted by Gasteiger charge is 2.18. The quantitative estimate of drug-likeness (QED) is 0.739. The Morgan fingerprint density at radius 3 is 2.76 bits per heavy atom. The first-order valence-electron chi connectivity index (χ1n) is 6.09. The first kappa shape index (κ1) is 14.5. The molecule has 108 valence electrons. The van der Waals surface area contributed by atoms with Crippen molar-refractivity contribution < 1.29 is 8.42 Å². The van der Waals surface area contributed by atoms with E-state index >= 15 is 0 Å². The number of para-hydroxylation sites is 1. The molecular weight excluding hydrogens is 372 g/mol. The predicted octanol–water partition coefficient (Wildman–Crippen LogP) is 4.17. The van der Waals surface area contributed by atoms with Crippen molar-refractivity contribution in [3.63, 3.8) is 0 Å². The first-order valence-corrected chi connectivity index (χ1v) is 9.24. The van der Waals surface area contributed by atoms with Gasteiger partial charge in [-0.3, -0.25) is 9.71 Å². The molecule has 0 spiro atoms. The summed E-state index contributed by atoms with van der Waals surface area (Å²) in [5.41, 5.74) is 1.98. The lowest BCUT2D eigenvalue weighted by Crippen LogP contribution is -2.12. The Morgan fingerprint density at radius 2 is 2.05 bits per heavy atom. The number of hydrogen-bond donors (Lipinski definition) is 1. The second-order valence-corrected chi connectivity index (χ2v) is 8.26. The number of benzene rings is 1. The van der Waals surface area contributed by atoms with E-state index in [0.29, 0.717) is 11.2 Å². The number of anilines is 1. The summed E-state index contributed by atoms with van der Waals surface area (Å²) in [7, 11) is -3.60. The lowest BCUT2D eigenvalue weighted by molar-refractivity contribution is 0.603. The Bertz CT molecular complexity index is 920. The molecule has 4 nitrogen and oxygen atoms in total. The van der Waals surface area contributed by atoms with E-state index < -0.39 is 10.0 Å². The number of hydrogen-bond acceptors (Lipinski definition) is 4. The van der Waals surface area contributed by atoms with Crippen LogP contribution in [0.5, 0.6) is 0 Å². The molecule has 0 aliphatic rings. The summed E-state index contributed by atoms with van der Waals surface area (Å²) in [5, 5.41) is 2.63. The molecule has 0 unspecified atom stereocenters. The molecule has 0 saturated carbocycles. The number of rotatable bonds is 3. The fourth-order valence-electron chi connectivity index (χ4n) is 1.96. The van der Waals surface area contributed by atoms with Gasteiger partial charge >= 0.3 is 0 Å². The third-order valence-electron chi connectivity index (χ3n) is 2.91. The van der Waals surface area contributed by atoms with Gasteiger partial charge in [0, 0.05) is 20.9 Å². The maximum absolute atomic E-state index is 12.4. The Kier molecular flexibility index (Phi) is 3.73. The number of nitrogens with one attached hydrogen (secondary N) is 1. The molecule has 0 aliphatic heterocycles. The minimum Gasteiger partial charge on any atom is -0.277 e. The number of thiophene rings is 1. The predicted molar refractivity (Wildman–Crippen MR) is 89.3 cm³/mol. The lowest BCUT2D eigenvalue weighted by Gasteiger charge is -2.09. The molecule has 0 saturated heterocycles. The number of fused-ring (bicyclic) bond motifs is 1. The Hall–Kier alpha value is -1.44. The standard InChI is InChI=1S/C14H11BrN2O2S2/c1-9-5-6-10-3-2-4-12(14(10)16-9)17-21(18,19)13-7-11(15)8-20-13/h2-8,17H,1H3. The highest BCUT2D eigenvalue weighted by atomic mass is 79.9. The zero-order chi connectivity index (χ0) is 15.0. The van der Waals surface area contributed by atoms with Crippen molar-refractivity contribution in [3.8, 4) is 0 Å². The molecule has 7 heteroatoms. The lowest BCUT2D eigenvalue weighted by atomic mass is 10.2. The maximum Gasteiger partial charge on any atom is 0.271 e. The number of aromatic nitrogens is 1. The first-order chi connectivity index (χ1) is 9.95. The average molecular weight is 383 g/mol. The molecule has 3 rings (SSSR count). The van der Waals surface area contributed by atoms with Gasteiger partial charge in [0.1, 0.15) is 4.21 Å². The average Bonchev–Trinajstić information content (AvgIpc) is 2.87. The second-order valence-electron chi connectivity index (χ2n) is 4.52. The third kappa shape index (κ3) is 2.95. The fourth-order valence-corrected chi connectivity index (χ4v) is 4.88. The summed E-state index contributed by atoms with van der Waals surface area (Å²) >= 11 is 4.43. The summed E-state index contributed by atoms with van der Waals surface area (Å²) in [5.74, 6) is 0. The molecule has 0 atom stereocenters. The minimum absolute atomic E-state index is 0.263. The van der Waals surface area contributed by atoms with E-state index in [-0.39, 0.29) is 4.21 Å². The van der Waals surface area contributed by atoms with Crippen LogP contribution in [0.25, 0.3) is 10.9 Å². The van der Waals surface area contributed by atoms with Crippen molar-refractivity contribution in [2.45, 2.75) is 11.1 Å². The Balaban J connectivity index is 2.08. The Labute approximate surface area is 135 Å². The van der Waals surface area contributed by atoms with Gasteiger partial charge in [0.25, 0.3) is 10.0 Å².